The van der Waals surface area contributed by atoms with Gasteiger partial charge in [-0.2, -0.15) is 0 Å². The molecule has 4 nitrogen and oxygen atoms in total. The van der Waals surface area contributed by atoms with E-state index < -0.39 is 5.97 Å². The standard InChI is InChI=1S/C17H20O2.C16H18O2/c1-19-17(18)14-8-10-16-13(11-14)7-9-15(16)12-5-3-2-4-6-12;17-16(18)13-7-9-15-12(10-13)6-8-14(15)11-4-2-1-3-5-11/h8-12H,2-7H2,1H3;7-11H,1-6H2,(H,17,18). The Balaban J connectivity index is 0.000000152. The number of allylic oxidation sites excluding steroid dienone is 4. The summed E-state index contributed by atoms with van der Waals surface area (Å²) in [5.74, 6) is 0.368. The number of carbonyl (C=O) groups is 2. The lowest BCUT2D eigenvalue weighted by molar-refractivity contribution is 0.0599. The molecule has 6 rings (SSSR count). The molecule has 0 aliphatic heterocycles. The predicted molar refractivity (Wildman–Crippen MR) is 148 cm³/mol. The third kappa shape index (κ3) is 5.58. The van der Waals surface area contributed by atoms with Crippen LogP contribution in [0.3, 0.4) is 0 Å². The van der Waals surface area contributed by atoms with E-state index in [2.05, 4.69) is 18.2 Å². The molecule has 2 aromatic rings. The highest BCUT2D eigenvalue weighted by molar-refractivity contribution is 5.91. The summed E-state index contributed by atoms with van der Waals surface area (Å²) >= 11 is 0. The van der Waals surface area contributed by atoms with Crippen LogP contribution >= 0.6 is 0 Å². The topological polar surface area (TPSA) is 63.6 Å². The van der Waals surface area contributed by atoms with Gasteiger partial charge in [0.1, 0.15) is 0 Å². The highest BCUT2D eigenvalue weighted by Gasteiger charge is 2.25. The number of hydrogen-bond acceptors (Lipinski definition) is 3. The Kier molecular flexibility index (Phi) is 7.93. The fourth-order valence-electron chi connectivity index (χ4n) is 6.73. The van der Waals surface area contributed by atoms with Crippen LogP contribution in [0.2, 0.25) is 0 Å². The zero-order valence-corrected chi connectivity index (χ0v) is 21.9. The molecule has 1 N–H and O–H groups in total. The first-order valence-electron chi connectivity index (χ1n) is 14.0. The lowest BCUT2D eigenvalue weighted by Crippen LogP contribution is -2.08. The zero-order valence-electron chi connectivity index (χ0n) is 21.9. The third-order valence-electron chi connectivity index (χ3n) is 8.67. The van der Waals surface area contributed by atoms with Crippen molar-refractivity contribution in [1.82, 2.24) is 0 Å². The second-order valence-electron chi connectivity index (χ2n) is 10.9. The Morgan fingerprint density at radius 2 is 1.16 bits per heavy atom. The van der Waals surface area contributed by atoms with Gasteiger partial charge in [-0.05, 0) is 108 Å². The van der Waals surface area contributed by atoms with E-state index in [1.165, 1.54) is 105 Å². The van der Waals surface area contributed by atoms with E-state index in [1.807, 2.05) is 24.3 Å². The number of esters is 1. The van der Waals surface area contributed by atoms with Crippen molar-refractivity contribution in [2.45, 2.75) is 77.0 Å². The van der Waals surface area contributed by atoms with E-state index in [1.54, 1.807) is 6.07 Å². The summed E-state index contributed by atoms with van der Waals surface area (Å²) < 4.78 is 4.78. The highest BCUT2D eigenvalue weighted by atomic mass is 16.5. The predicted octanol–water partition coefficient (Wildman–Crippen LogP) is 7.90. The fourth-order valence-corrected chi connectivity index (χ4v) is 6.73. The maximum atomic E-state index is 11.6. The van der Waals surface area contributed by atoms with E-state index >= 15 is 0 Å². The van der Waals surface area contributed by atoms with Crippen molar-refractivity contribution >= 4 is 23.1 Å². The highest BCUT2D eigenvalue weighted by Crippen LogP contribution is 2.41. The first-order valence-corrected chi connectivity index (χ1v) is 14.0. The first kappa shape index (κ1) is 25.5. The number of hydrogen-bond donors (Lipinski definition) is 1. The van der Waals surface area contributed by atoms with Crippen LogP contribution < -0.4 is 0 Å². The van der Waals surface area contributed by atoms with Gasteiger partial charge in [0.25, 0.3) is 0 Å². The average molecular weight is 499 g/mol. The van der Waals surface area contributed by atoms with Gasteiger partial charge in [0.2, 0.25) is 0 Å². The van der Waals surface area contributed by atoms with Crippen molar-refractivity contribution in [2.75, 3.05) is 7.11 Å². The van der Waals surface area contributed by atoms with Gasteiger partial charge in [-0.15, -0.1) is 0 Å². The van der Waals surface area contributed by atoms with Gasteiger partial charge in [-0.3, -0.25) is 0 Å². The number of methoxy groups -OCH3 is 1. The number of ether oxygens (including phenoxy) is 1. The van der Waals surface area contributed by atoms with Crippen LogP contribution in [0.1, 0.15) is 107 Å². The van der Waals surface area contributed by atoms with Crippen LogP contribution in [0, 0.1) is 11.8 Å². The molecule has 4 aliphatic rings. The Bertz CT molecular complexity index is 1220. The van der Waals surface area contributed by atoms with E-state index in [0.29, 0.717) is 17.0 Å². The monoisotopic (exact) mass is 498 g/mol. The van der Waals surface area contributed by atoms with Crippen LogP contribution in [0.5, 0.6) is 0 Å². The van der Waals surface area contributed by atoms with Crippen molar-refractivity contribution < 1.29 is 19.4 Å². The van der Waals surface area contributed by atoms with Gasteiger partial charge >= 0.3 is 11.9 Å². The molecule has 4 aliphatic carbocycles. The number of aromatic carboxylic acids is 1. The molecule has 194 valence electrons. The molecule has 0 spiro atoms. The largest absolute Gasteiger partial charge is 0.478 e. The molecule has 37 heavy (non-hydrogen) atoms. The fraction of sp³-hybridized carbons (Fsp3) is 0.455. The first-order chi connectivity index (χ1) is 18.0. The molecule has 2 fully saturated rings. The summed E-state index contributed by atoms with van der Waals surface area (Å²) in [6.07, 6.45) is 19.9. The van der Waals surface area contributed by atoms with Crippen LogP contribution in [-0.2, 0) is 17.6 Å². The quantitative estimate of drug-likeness (QED) is 0.435. The maximum Gasteiger partial charge on any atom is 0.337 e. The Morgan fingerprint density at radius 3 is 1.62 bits per heavy atom. The van der Waals surface area contributed by atoms with Crippen LogP contribution in [0.25, 0.3) is 11.1 Å². The number of carboxylic acid groups (broad SMARTS) is 1. The number of rotatable bonds is 4. The summed E-state index contributed by atoms with van der Waals surface area (Å²) in [6, 6.07) is 11.6. The summed E-state index contributed by atoms with van der Waals surface area (Å²) in [5.41, 5.74) is 9.20. The minimum atomic E-state index is -0.830. The summed E-state index contributed by atoms with van der Waals surface area (Å²) in [7, 11) is 1.43. The number of carboxylic acids is 1. The molecular weight excluding hydrogens is 460 g/mol. The zero-order chi connectivity index (χ0) is 25.8. The molecular formula is C33H38O4. The molecule has 0 atom stereocenters. The Hall–Kier alpha value is -3.14. The number of fused-ring (bicyclic) bond motifs is 2. The van der Waals surface area contributed by atoms with Crippen molar-refractivity contribution in [1.29, 1.82) is 0 Å². The lowest BCUT2D eigenvalue weighted by atomic mass is 9.81. The third-order valence-corrected chi connectivity index (χ3v) is 8.67. The normalized spacial score (nSPS) is 19.2. The van der Waals surface area contributed by atoms with E-state index in [0.717, 1.165) is 18.8 Å². The van der Waals surface area contributed by atoms with E-state index in [9.17, 15) is 9.59 Å². The maximum absolute atomic E-state index is 11.6. The van der Waals surface area contributed by atoms with Crippen molar-refractivity contribution in [2.24, 2.45) is 11.8 Å². The van der Waals surface area contributed by atoms with Crippen LogP contribution in [0.4, 0.5) is 0 Å². The summed E-state index contributed by atoms with van der Waals surface area (Å²) in [5, 5.41) is 9.01. The van der Waals surface area contributed by atoms with Crippen molar-refractivity contribution in [3.05, 3.63) is 81.9 Å². The van der Waals surface area contributed by atoms with E-state index in [-0.39, 0.29) is 5.97 Å². The molecule has 0 saturated heterocycles. The lowest BCUT2D eigenvalue weighted by Gasteiger charge is -2.23. The molecule has 0 heterocycles. The summed E-state index contributed by atoms with van der Waals surface area (Å²) in [6.45, 7) is 0. The minimum Gasteiger partial charge on any atom is -0.478 e. The van der Waals surface area contributed by atoms with Crippen molar-refractivity contribution in [3.8, 4) is 0 Å². The minimum absolute atomic E-state index is 0.242. The van der Waals surface area contributed by atoms with Gasteiger partial charge in [0.05, 0.1) is 18.2 Å². The molecule has 0 bridgehead atoms. The number of benzene rings is 2. The van der Waals surface area contributed by atoms with Crippen molar-refractivity contribution in [3.63, 3.8) is 0 Å². The number of carbonyl (C=O) groups excluding carboxylic acids is 1. The second kappa shape index (κ2) is 11.5. The van der Waals surface area contributed by atoms with Gasteiger partial charge < -0.3 is 9.84 Å². The van der Waals surface area contributed by atoms with Gasteiger partial charge in [-0.1, -0.05) is 62.8 Å². The smallest absolute Gasteiger partial charge is 0.337 e. The Labute approximate surface area is 220 Å². The molecule has 0 amide bonds. The molecule has 2 aromatic carbocycles. The molecule has 0 radical (unpaired) electrons. The average Bonchev–Trinajstić information content (AvgIpc) is 3.57. The van der Waals surface area contributed by atoms with Gasteiger partial charge in [-0.25, -0.2) is 9.59 Å². The van der Waals surface area contributed by atoms with Gasteiger partial charge in [0, 0.05) is 0 Å². The SMILES string of the molecule is COC(=O)c1ccc2c(c1)CC=C2C1CCCCC1.O=C(O)c1ccc2c(c1)CC=C2C1CCCCC1. The van der Waals surface area contributed by atoms with Crippen LogP contribution in [-0.4, -0.2) is 24.2 Å². The molecule has 0 unspecified atom stereocenters. The summed E-state index contributed by atoms with van der Waals surface area (Å²) in [4.78, 5) is 22.5. The molecule has 0 aromatic heterocycles. The molecule has 2 saturated carbocycles. The van der Waals surface area contributed by atoms with Crippen LogP contribution in [0.15, 0.2) is 48.6 Å². The molecule has 4 heteroatoms. The van der Waals surface area contributed by atoms with E-state index in [4.69, 9.17) is 9.84 Å². The van der Waals surface area contributed by atoms with Gasteiger partial charge in [0.15, 0.2) is 0 Å². The second-order valence-corrected chi connectivity index (χ2v) is 10.9. The Morgan fingerprint density at radius 1 is 0.703 bits per heavy atom.